The standard InChI is InChI=1S/C4H6Br2O2/c5-3(1-7)4(6)2-8/h1,4,7-8H,2H2/b3-1-. The van der Waals surface area contributed by atoms with Crippen LogP contribution < -0.4 is 0 Å². The van der Waals surface area contributed by atoms with Crippen molar-refractivity contribution in [2.75, 3.05) is 6.61 Å². The van der Waals surface area contributed by atoms with Crippen LogP contribution in [0.1, 0.15) is 0 Å². The van der Waals surface area contributed by atoms with Crippen LogP contribution in [-0.2, 0) is 0 Å². The molecule has 0 aliphatic carbocycles. The summed E-state index contributed by atoms with van der Waals surface area (Å²) in [5.41, 5.74) is 0. The second-order valence-electron chi connectivity index (χ2n) is 1.16. The molecule has 0 aromatic heterocycles. The number of alkyl halides is 1. The lowest BCUT2D eigenvalue weighted by molar-refractivity contribution is 0.306. The molecule has 0 saturated carbocycles. The molecule has 0 rings (SSSR count). The third-order valence-corrected chi connectivity index (χ3v) is 2.74. The predicted octanol–water partition coefficient (Wildman–Crippen LogP) is 1.54. The lowest BCUT2D eigenvalue weighted by Crippen LogP contribution is -2.02. The van der Waals surface area contributed by atoms with E-state index < -0.39 is 0 Å². The third-order valence-electron chi connectivity index (χ3n) is 0.583. The highest BCUT2D eigenvalue weighted by atomic mass is 79.9. The van der Waals surface area contributed by atoms with E-state index >= 15 is 0 Å². The highest BCUT2D eigenvalue weighted by Gasteiger charge is 2.04. The summed E-state index contributed by atoms with van der Waals surface area (Å²) in [6.45, 7) is -0.0301. The molecule has 4 heteroatoms. The summed E-state index contributed by atoms with van der Waals surface area (Å²) >= 11 is 6.08. The van der Waals surface area contributed by atoms with Crippen molar-refractivity contribution in [3.05, 3.63) is 10.7 Å². The predicted molar refractivity (Wildman–Crippen MR) is 39.4 cm³/mol. The van der Waals surface area contributed by atoms with Crippen LogP contribution in [0.3, 0.4) is 0 Å². The van der Waals surface area contributed by atoms with E-state index in [0.717, 1.165) is 6.26 Å². The highest BCUT2D eigenvalue weighted by molar-refractivity contribution is 9.14. The van der Waals surface area contributed by atoms with Crippen LogP contribution in [-0.4, -0.2) is 21.6 Å². The van der Waals surface area contributed by atoms with Crippen LogP contribution in [0, 0.1) is 0 Å². The maximum absolute atomic E-state index is 8.41. The van der Waals surface area contributed by atoms with Gasteiger partial charge in [-0.15, -0.1) is 0 Å². The molecule has 0 amide bonds. The SMILES string of the molecule is O/C=C(\Br)C(Br)CO. The van der Waals surface area contributed by atoms with E-state index in [0.29, 0.717) is 4.48 Å². The van der Waals surface area contributed by atoms with Gasteiger partial charge in [0.25, 0.3) is 0 Å². The number of hydrogen-bond donors (Lipinski definition) is 2. The van der Waals surface area contributed by atoms with Gasteiger partial charge >= 0.3 is 0 Å². The largest absolute Gasteiger partial charge is 0.515 e. The molecular formula is C4H6Br2O2. The fourth-order valence-electron chi connectivity index (χ4n) is 0.168. The lowest BCUT2D eigenvalue weighted by atomic mass is 10.4. The van der Waals surface area contributed by atoms with Gasteiger partial charge < -0.3 is 10.2 Å². The second-order valence-corrected chi connectivity index (χ2v) is 3.19. The smallest absolute Gasteiger partial charge is 0.0905 e. The Labute approximate surface area is 64.5 Å². The van der Waals surface area contributed by atoms with E-state index in [4.69, 9.17) is 10.2 Å². The van der Waals surface area contributed by atoms with Crippen molar-refractivity contribution in [1.29, 1.82) is 0 Å². The second kappa shape index (κ2) is 4.35. The Morgan fingerprint density at radius 2 is 2.25 bits per heavy atom. The minimum absolute atomic E-state index is 0.0301. The number of halogens is 2. The molecule has 0 aliphatic heterocycles. The zero-order chi connectivity index (χ0) is 6.57. The zero-order valence-corrected chi connectivity index (χ0v) is 7.18. The summed E-state index contributed by atoms with van der Waals surface area (Å²) in [4.78, 5) is -0.188. The van der Waals surface area contributed by atoms with Crippen molar-refractivity contribution in [3.8, 4) is 0 Å². The van der Waals surface area contributed by atoms with Gasteiger partial charge in [-0.25, -0.2) is 0 Å². The average Bonchev–Trinajstić information content (AvgIpc) is 1.84. The Hall–Kier alpha value is 0.460. The van der Waals surface area contributed by atoms with Gasteiger partial charge in [-0.05, 0) is 0 Å². The van der Waals surface area contributed by atoms with Gasteiger partial charge in [-0.3, -0.25) is 0 Å². The first-order chi connectivity index (χ1) is 3.72. The van der Waals surface area contributed by atoms with Crippen molar-refractivity contribution in [2.45, 2.75) is 4.83 Å². The van der Waals surface area contributed by atoms with Gasteiger partial charge in [0, 0.05) is 4.48 Å². The normalized spacial score (nSPS) is 16.1. The van der Waals surface area contributed by atoms with Crippen LogP contribution >= 0.6 is 31.9 Å². The molecule has 1 atom stereocenters. The van der Waals surface area contributed by atoms with Crippen molar-refractivity contribution >= 4 is 31.9 Å². The maximum atomic E-state index is 8.41. The maximum Gasteiger partial charge on any atom is 0.0905 e. The molecule has 8 heavy (non-hydrogen) atoms. The van der Waals surface area contributed by atoms with Crippen LogP contribution in [0.25, 0.3) is 0 Å². The fourth-order valence-corrected chi connectivity index (χ4v) is 0.431. The van der Waals surface area contributed by atoms with Crippen molar-refractivity contribution in [1.82, 2.24) is 0 Å². The number of aliphatic hydroxyl groups is 2. The Bertz CT molecular complexity index is 92.0. The minimum Gasteiger partial charge on any atom is -0.515 e. The summed E-state index contributed by atoms with van der Waals surface area (Å²) in [6, 6.07) is 0. The molecule has 0 aromatic carbocycles. The Morgan fingerprint density at radius 3 is 2.38 bits per heavy atom. The molecule has 48 valence electrons. The Kier molecular flexibility index (Phi) is 4.60. The number of hydrogen-bond acceptors (Lipinski definition) is 2. The Morgan fingerprint density at radius 1 is 1.75 bits per heavy atom. The summed E-state index contributed by atoms with van der Waals surface area (Å²) < 4.78 is 0.542. The van der Waals surface area contributed by atoms with Crippen LogP contribution in [0.4, 0.5) is 0 Å². The first-order valence-electron chi connectivity index (χ1n) is 1.97. The number of aliphatic hydroxyl groups excluding tert-OH is 2. The summed E-state index contributed by atoms with van der Waals surface area (Å²) in [7, 11) is 0. The van der Waals surface area contributed by atoms with Crippen LogP contribution in [0.5, 0.6) is 0 Å². The van der Waals surface area contributed by atoms with E-state index in [9.17, 15) is 0 Å². The zero-order valence-electron chi connectivity index (χ0n) is 4.01. The van der Waals surface area contributed by atoms with E-state index in [2.05, 4.69) is 31.9 Å². The summed E-state index contributed by atoms with van der Waals surface area (Å²) in [5.74, 6) is 0. The Balaban J connectivity index is 3.63. The van der Waals surface area contributed by atoms with Gasteiger partial charge in [0.15, 0.2) is 0 Å². The lowest BCUT2D eigenvalue weighted by Gasteiger charge is -2.00. The molecule has 1 unspecified atom stereocenters. The molecule has 0 bridgehead atoms. The molecule has 0 radical (unpaired) electrons. The monoisotopic (exact) mass is 244 g/mol. The molecule has 0 spiro atoms. The first kappa shape index (κ1) is 8.46. The quantitative estimate of drug-likeness (QED) is 0.573. The van der Waals surface area contributed by atoms with E-state index in [1.54, 1.807) is 0 Å². The number of rotatable bonds is 2. The van der Waals surface area contributed by atoms with Crippen LogP contribution in [0.2, 0.25) is 0 Å². The van der Waals surface area contributed by atoms with Gasteiger partial charge in [-0.2, -0.15) is 0 Å². The van der Waals surface area contributed by atoms with E-state index in [1.807, 2.05) is 0 Å². The van der Waals surface area contributed by atoms with E-state index in [1.165, 1.54) is 0 Å². The molecular weight excluding hydrogens is 240 g/mol. The van der Waals surface area contributed by atoms with Crippen LogP contribution in [0.15, 0.2) is 10.7 Å². The summed E-state index contributed by atoms with van der Waals surface area (Å²) in [5, 5.41) is 16.7. The fraction of sp³-hybridized carbons (Fsp3) is 0.500. The topological polar surface area (TPSA) is 40.5 Å². The van der Waals surface area contributed by atoms with Crippen molar-refractivity contribution < 1.29 is 10.2 Å². The average molecular weight is 246 g/mol. The molecule has 0 aromatic rings. The van der Waals surface area contributed by atoms with Gasteiger partial charge in [0.1, 0.15) is 0 Å². The van der Waals surface area contributed by atoms with Gasteiger partial charge in [0.05, 0.1) is 17.7 Å². The molecule has 0 heterocycles. The third kappa shape index (κ3) is 2.69. The molecule has 0 saturated heterocycles. The van der Waals surface area contributed by atoms with Crippen molar-refractivity contribution in [2.24, 2.45) is 0 Å². The van der Waals surface area contributed by atoms with E-state index in [-0.39, 0.29) is 11.4 Å². The van der Waals surface area contributed by atoms with Gasteiger partial charge in [0.2, 0.25) is 0 Å². The molecule has 2 nitrogen and oxygen atoms in total. The molecule has 2 N–H and O–H groups in total. The minimum atomic E-state index is -0.188. The van der Waals surface area contributed by atoms with Gasteiger partial charge in [-0.1, -0.05) is 31.9 Å². The highest BCUT2D eigenvalue weighted by Crippen LogP contribution is 2.16. The first-order valence-corrected chi connectivity index (χ1v) is 3.68. The molecule has 0 aliphatic rings. The molecule has 0 fully saturated rings. The summed E-state index contributed by atoms with van der Waals surface area (Å²) in [6.07, 6.45) is 0.898. The van der Waals surface area contributed by atoms with Crippen molar-refractivity contribution in [3.63, 3.8) is 0 Å².